The van der Waals surface area contributed by atoms with Gasteiger partial charge in [0.2, 0.25) is 0 Å². The molecule has 0 spiro atoms. The van der Waals surface area contributed by atoms with Crippen molar-refractivity contribution in [1.82, 2.24) is 4.98 Å². The van der Waals surface area contributed by atoms with Crippen LogP contribution >= 0.6 is 0 Å². The molecule has 0 saturated carbocycles. The van der Waals surface area contributed by atoms with Gasteiger partial charge in [0.1, 0.15) is 0 Å². The van der Waals surface area contributed by atoms with Crippen molar-refractivity contribution in [3.05, 3.63) is 42.1 Å². The van der Waals surface area contributed by atoms with Crippen LogP contribution in [0.3, 0.4) is 0 Å². The molecule has 0 aliphatic heterocycles. The van der Waals surface area contributed by atoms with E-state index in [1.807, 2.05) is 30.5 Å². The Morgan fingerprint density at radius 3 is 2.88 bits per heavy atom. The Morgan fingerprint density at radius 1 is 1.12 bits per heavy atom. The van der Waals surface area contributed by atoms with E-state index >= 15 is 0 Å². The fourth-order valence-corrected chi connectivity index (χ4v) is 1.76. The number of pyridine rings is 1. The van der Waals surface area contributed by atoms with E-state index < -0.39 is 0 Å². The largest absolute Gasteiger partial charge is 0.291 e. The minimum atomic E-state index is 0.905. The maximum absolute atomic E-state index is 4.54. The molecule has 0 N–H and O–H groups in total. The maximum Gasteiger partial charge on any atom is 0.0815 e. The van der Waals surface area contributed by atoms with Crippen molar-refractivity contribution in [2.24, 2.45) is 4.99 Å². The standard InChI is InChI=1S/C15H18N2/c1-2-3-6-11-16-12-14-10-9-13-7-4-5-8-15(13)17-14/h4-5,7-10,12H,2-3,6,11H2,1H3/b16-12+. The van der Waals surface area contributed by atoms with Gasteiger partial charge in [-0.3, -0.25) is 4.99 Å². The highest BCUT2D eigenvalue weighted by molar-refractivity contribution is 5.84. The van der Waals surface area contributed by atoms with E-state index in [0.29, 0.717) is 0 Å². The lowest BCUT2D eigenvalue weighted by Gasteiger charge is -1.98. The third-order valence-corrected chi connectivity index (χ3v) is 2.73. The summed E-state index contributed by atoms with van der Waals surface area (Å²) in [7, 11) is 0. The summed E-state index contributed by atoms with van der Waals surface area (Å²) in [6, 6.07) is 12.3. The van der Waals surface area contributed by atoms with Crippen LogP contribution in [0.4, 0.5) is 0 Å². The van der Waals surface area contributed by atoms with Crippen LogP contribution in [0.25, 0.3) is 10.9 Å². The first-order chi connectivity index (χ1) is 8.40. The molecule has 0 saturated heterocycles. The van der Waals surface area contributed by atoms with E-state index in [-0.39, 0.29) is 0 Å². The quantitative estimate of drug-likeness (QED) is 0.561. The Morgan fingerprint density at radius 2 is 2.00 bits per heavy atom. The summed E-state index contributed by atoms with van der Waals surface area (Å²) in [4.78, 5) is 8.94. The molecule has 0 fully saturated rings. The predicted octanol–water partition coefficient (Wildman–Crippen LogP) is 3.84. The molecule has 0 aliphatic carbocycles. The highest BCUT2D eigenvalue weighted by Gasteiger charge is 1.94. The summed E-state index contributed by atoms with van der Waals surface area (Å²) >= 11 is 0. The van der Waals surface area contributed by atoms with Crippen LogP contribution in [0.1, 0.15) is 31.9 Å². The number of para-hydroxylation sites is 1. The molecular weight excluding hydrogens is 208 g/mol. The first-order valence-electron chi connectivity index (χ1n) is 6.26. The molecule has 0 aliphatic rings. The van der Waals surface area contributed by atoms with E-state index in [9.17, 15) is 0 Å². The molecular formula is C15H18N2. The third-order valence-electron chi connectivity index (χ3n) is 2.73. The van der Waals surface area contributed by atoms with Gasteiger partial charge in [-0.25, -0.2) is 4.98 Å². The van der Waals surface area contributed by atoms with Crippen molar-refractivity contribution in [1.29, 1.82) is 0 Å². The van der Waals surface area contributed by atoms with Gasteiger partial charge >= 0.3 is 0 Å². The third kappa shape index (κ3) is 3.38. The molecule has 0 radical (unpaired) electrons. The number of aliphatic imine (C=N–C) groups is 1. The molecule has 1 aromatic heterocycles. The molecule has 2 aromatic rings. The maximum atomic E-state index is 4.54. The number of aromatic nitrogens is 1. The zero-order valence-corrected chi connectivity index (χ0v) is 10.3. The number of rotatable bonds is 5. The van der Waals surface area contributed by atoms with Gasteiger partial charge in [-0.05, 0) is 18.6 Å². The second kappa shape index (κ2) is 6.14. The van der Waals surface area contributed by atoms with Gasteiger partial charge in [-0.15, -0.1) is 0 Å². The lowest BCUT2D eigenvalue weighted by molar-refractivity contribution is 0.729. The van der Waals surface area contributed by atoms with Crippen molar-refractivity contribution >= 4 is 17.1 Å². The van der Waals surface area contributed by atoms with E-state index in [1.165, 1.54) is 24.6 Å². The van der Waals surface area contributed by atoms with Crippen molar-refractivity contribution in [3.63, 3.8) is 0 Å². The number of hydrogen-bond donors (Lipinski definition) is 0. The molecule has 0 bridgehead atoms. The van der Waals surface area contributed by atoms with Crippen molar-refractivity contribution < 1.29 is 0 Å². The summed E-state index contributed by atoms with van der Waals surface area (Å²) in [5.41, 5.74) is 1.98. The average Bonchev–Trinajstić information content (AvgIpc) is 2.38. The summed E-state index contributed by atoms with van der Waals surface area (Å²) in [5.74, 6) is 0. The monoisotopic (exact) mass is 226 g/mol. The Kier molecular flexibility index (Phi) is 4.25. The van der Waals surface area contributed by atoms with Crippen molar-refractivity contribution in [2.75, 3.05) is 6.54 Å². The minimum absolute atomic E-state index is 0.905. The average molecular weight is 226 g/mol. The SMILES string of the molecule is CCCCC/N=C/c1ccc2ccccc2n1. The predicted molar refractivity (Wildman–Crippen MR) is 73.7 cm³/mol. The fraction of sp³-hybridized carbons (Fsp3) is 0.333. The second-order valence-electron chi connectivity index (χ2n) is 4.17. The lowest BCUT2D eigenvalue weighted by Crippen LogP contribution is -1.89. The molecule has 0 unspecified atom stereocenters. The molecule has 0 amide bonds. The van der Waals surface area contributed by atoms with Crippen LogP contribution in [0, 0.1) is 0 Å². The number of unbranched alkanes of at least 4 members (excludes halogenated alkanes) is 2. The number of hydrogen-bond acceptors (Lipinski definition) is 2. The summed E-state index contributed by atoms with van der Waals surface area (Å²) < 4.78 is 0. The van der Waals surface area contributed by atoms with Crippen molar-refractivity contribution in [3.8, 4) is 0 Å². The van der Waals surface area contributed by atoms with Crippen molar-refractivity contribution in [2.45, 2.75) is 26.2 Å². The molecule has 2 nitrogen and oxygen atoms in total. The Balaban J connectivity index is 2.04. The van der Waals surface area contributed by atoms with E-state index in [2.05, 4.69) is 29.0 Å². The minimum Gasteiger partial charge on any atom is -0.291 e. The lowest BCUT2D eigenvalue weighted by atomic mass is 10.2. The number of nitrogens with zero attached hydrogens (tertiary/aromatic N) is 2. The smallest absolute Gasteiger partial charge is 0.0815 e. The van der Waals surface area contributed by atoms with Crippen LogP contribution in [0.2, 0.25) is 0 Å². The van der Waals surface area contributed by atoms with E-state index in [0.717, 1.165) is 17.8 Å². The van der Waals surface area contributed by atoms with Gasteiger partial charge < -0.3 is 0 Å². The summed E-state index contributed by atoms with van der Waals surface area (Å²) in [6.45, 7) is 3.11. The molecule has 0 atom stereocenters. The van der Waals surface area contributed by atoms with Crippen LogP contribution in [-0.2, 0) is 0 Å². The van der Waals surface area contributed by atoms with Gasteiger partial charge in [0.05, 0.1) is 11.2 Å². The van der Waals surface area contributed by atoms with Gasteiger partial charge in [0.25, 0.3) is 0 Å². The number of fused-ring (bicyclic) bond motifs is 1. The second-order valence-corrected chi connectivity index (χ2v) is 4.17. The highest BCUT2D eigenvalue weighted by atomic mass is 14.8. The van der Waals surface area contributed by atoms with Gasteiger partial charge in [0, 0.05) is 18.1 Å². The van der Waals surface area contributed by atoms with E-state index in [4.69, 9.17) is 0 Å². The van der Waals surface area contributed by atoms with Crippen LogP contribution in [0.5, 0.6) is 0 Å². The van der Waals surface area contributed by atoms with E-state index in [1.54, 1.807) is 0 Å². The fourth-order valence-electron chi connectivity index (χ4n) is 1.76. The molecule has 2 rings (SSSR count). The molecule has 88 valence electrons. The van der Waals surface area contributed by atoms with Crippen LogP contribution in [0.15, 0.2) is 41.4 Å². The Bertz CT molecular complexity index is 503. The first-order valence-corrected chi connectivity index (χ1v) is 6.26. The topological polar surface area (TPSA) is 25.2 Å². The van der Waals surface area contributed by atoms with Crippen LogP contribution < -0.4 is 0 Å². The summed E-state index contributed by atoms with van der Waals surface area (Å²) in [5, 5.41) is 1.18. The first kappa shape index (κ1) is 11.8. The molecule has 17 heavy (non-hydrogen) atoms. The highest BCUT2D eigenvalue weighted by Crippen LogP contribution is 2.10. The van der Waals surface area contributed by atoms with Gasteiger partial charge in [-0.2, -0.15) is 0 Å². The number of benzene rings is 1. The van der Waals surface area contributed by atoms with Gasteiger partial charge in [0.15, 0.2) is 0 Å². The Hall–Kier alpha value is -1.70. The Labute approximate surface area is 102 Å². The molecule has 2 heteroatoms. The normalized spacial score (nSPS) is 11.4. The summed E-state index contributed by atoms with van der Waals surface area (Å²) in [6.07, 6.45) is 5.54. The van der Waals surface area contributed by atoms with Crippen LogP contribution in [-0.4, -0.2) is 17.7 Å². The molecule has 1 aromatic carbocycles. The molecule has 1 heterocycles. The zero-order valence-electron chi connectivity index (χ0n) is 10.3. The zero-order chi connectivity index (χ0) is 11.9. The van der Waals surface area contributed by atoms with Gasteiger partial charge in [-0.1, -0.05) is 44.0 Å².